The predicted molar refractivity (Wildman–Crippen MR) is 86.7 cm³/mol. The van der Waals surface area contributed by atoms with Crippen LogP contribution >= 0.6 is 11.8 Å². The van der Waals surface area contributed by atoms with E-state index in [2.05, 4.69) is 45.0 Å². The smallest absolute Gasteiger partial charge is 0.122 e. The number of anilines is 1. The van der Waals surface area contributed by atoms with Crippen LogP contribution < -0.4 is 10.5 Å². The van der Waals surface area contributed by atoms with Gasteiger partial charge in [0.2, 0.25) is 0 Å². The van der Waals surface area contributed by atoms with Crippen LogP contribution in [0.5, 0.6) is 5.75 Å². The number of rotatable bonds is 5. The highest BCUT2D eigenvalue weighted by atomic mass is 32.2. The van der Waals surface area contributed by atoms with Gasteiger partial charge in [-0.3, -0.25) is 0 Å². The first-order valence-corrected chi connectivity index (χ1v) is 7.68. The highest BCUT2D eigenvalue weighted by Gasteiger charge is 2.05. The molecule has 20 heavy (non-hydrogen) atoms. The molecule has 0 fully saturated rings. The minimum atomic E-state index is 0.719. The molecule has 2 aromatic rings. The van der Waals surface area contributed by atoms with Crippen LogP contribution in [0.25, 0.3) is 0 Å². The van der Waals surface area contributed by atoms with Crippen LogP contribution in [0.2, 0.25) is 0 Å². The van der Waals surface area contributed by atoms with Crippen molar-refractivity contribution in [3.63, 3.8) is 0 Å². The summed E-state index contributed by atoms with van der Waals surface area (Å²) >= 11 is 1.73. The summed E-state index contributed by atoms with van der Waals surface area (Å²) in [5.41, 5.74) is 9.25. The molecule has 2 N–H and O–H groups in total. The molecule has 0 aliphatic rings. The van der Waals surface area contributed by atoms with Gasteiger partial charge in [0.1, 0.15) is 5.75 Å². The summed E-state index contributed by atoms with van der Waals surface area (Å²) in [4.78, 5) is 2.38. The fourth-order valence-electron chi connectivity index (χ4n) is 1.90. The Morgan fingerprint density at radius 1 is 1.10 bits per heavy atom. The van der Waals surface area contributed by atoms with Crippen molar-refractivity contribution in [1.29, 1.82) is 0 Å². The summed E-state index contributed by atoms with van der Waals surface area (Å²) < 4.78 is 5.67. The average molecular weight is 287 g/mol. The first kappa shape index (κ1) is 14.8. The minimum absolute atomic E-state index is 0.719. The lowest BCUT2D eigenvalue weighted by Gasteiger charge is -2.10. The van der Waals surface area contributed by atoms with Crippen LogP contribution in [0, 0.1) is 13.8 Å². The molecule has 2 aromatic carbocycles. The molecule has 0 saturated carbocycles. The second kappa shape index (κ2) is 6.71. The van der Waals surface area contributed by atoms with Gasteiger partial charge < -0.3 is 10.5 Å². The summed E-state index contributed by atoms with van der Waals surface area (Å²) in [6.45, 7) is 7.05. The molecule has 0 saturated heterocycles. The predicted octanol–water partition coefficient (Wildman–Crippen LogP) is 4.83. The van der Waals surface area contributed by atoms with E-state index in [1.807, 2.05) is 12.1 Å². The molecule has 0 atom stereocenters. The number of hydrogen-bond acceptors (Lipinski definition) is 3. The van der Waals surface area contributed by atoms with Crippen molar-refractivity contribution in [2.75, 3.05) is 12.3 Å². The normalized spacial score (nSPS) is 10.6. The molecule has 0 aliphatic carbocycles. The van der Waals surface area contributed by atoms with Gasteiger partial charge in [0.25, 0.3) is 0 Å². The van der Waals surface area contributed by atoms with Gasteiger partial charge in [-0.05, 0) is 49.6 Å². The van der Waals surface area contributed by atoms with Gasteiger partial charge in [-0.2, -0.15) is 0 Å². The average Bonchev–Trinajstić information content (AvgIpc) is 2.40. The standard InChI is InChI=1S/C17H21NOS/c1-4-7-19-15-9-14(18)10-16(11-15)20-17-8-12(2)5-6-13(17)3/h5-6,8-11H,4,7,18H2,1-3H3. The molecule has 2 nitrogen and oxygen atoms in total. The monoisotopic (exact) mass is 287 g/mol. The van der Waals surface area contributed by atoms with Crippen LogP contribution in [-0.2, 0) is 0 Å². The lowest BCUT2D eigenvalue weighted by Crippen LogP contribution is -1.96. The largest absolute Gasteiger partial charge is 0.493 e. The van der Waals surface area contributed by atoms with Gasteiger partial charge in [0.15, 0.2) is 0 Å². The Morgan fingerprint density at radius 2 is 1.90 bits per heavy atom. The Hall–Kier alpha value is -1.61. The summed E-state index contributed by atoms with van der Waals surface area (Å²) in [6, 6.07) is 12.4. The number of ether oxygens (including phenoxy) is 1. The second-order valence-corrected chi connectivity index (χ2v) is 6.07. The first-order chi connectivity index (χ1) is 9.58. The van der Waals surface area contributed by atoms with E-state index in [1.165, 1.54) is 16.0 Å². The molecule has 0 bridgehead atoms. The van der Waals surface area contributed by atoms with Crippen molar-refractivity contribution in [3.8, 4) is 5.75 Å². The third-order valence-electron chi connectivity index (χ3n) is 2.95. The third-order valence-corrected chi connectivity index (χ3v) is 4.08. The lowest BCUT2D eigenvalue weighted by molar-refractivity contribution is 0.317. The zero-order valence-electron chi connectivity index (χ0n) is 12.3. The topological polar surface area (TPSA) is 35.2 Å². The molecular weight excluding hydrogens is 266 g/mol. The van der Waals surface area contributed by atoms with Crippen molar-refractivity contribution in [2.45, 2.75) is 37.0 Å². The second-order valence-electron chi connectivity index (χ2n) is 4.96. The Labute approximate surface area is 125 Å². The molecule has 0 spiro atoms. The fraction of sp³-hybridized carbons (Fsp3) is 0.294. The van der Waals surface area contributed by atoms with Crippen LogP contribution in [-0.4, -0.2) is 6.61 Å². The Kier molecular flexibility index (Phi) is 4.96. The minimum Gasteiger partial charge on any atom is -0.493 e. The molecule has 2 rings (SSSR count). The number of nitrogen functional groups attached to an aromatic ring is 1. The summed E-state index contributed by atoms with van der Waals surface area (Å²) in [5, 5.41) is 0. The summed E-state index contributed by atoms with van der Waals surface area (Å²) in [7, 11) is 0. The van der Waals surface area contributed by atoms with Crippen LogP contribution in [0.1, 0.15) is 24.5 Å². The van der Waals surface area contributed by atoms with E-state index in [1.54, 1.807) is 11.8 Å². The number of nitrogens with two attached hydrogens (primary N) is 1. The van der Waals surface area contributed by atoms with E-state index in [4.69, 9.17) is 10.5 Å². The fourth-order valence-corrected chi connectivity index (χ4v) is 3.00. The van der Waals surface area contributed by atoms with Gasteiger partial charge in [-0.1, -0.05) is 30.8 Å². The maximum Gasteiger partial charge on any atom is 0.122 e. The highest BCUT2D eigenvalue weighted by molar-refractivity contribution is 7.99. The van der Waals surface area contributed by atoms with E-state index in [0.717, 1.165) is 29.4 Å². The molecule has 106 valence electrons. The Balaban J connectivity index is 2.24. The molecule has 0 amide bonds. The van der Waals surface area contributed by atoms with Crippen LogP contribution in [0.3, 0.4) is 0 Å². The quantitative estimate of drug-likeness (QED) is 0.800. The zero-order valence-corrected chi connectivity index (χ0v) is 13.1. The van der Waals surface area contributed by atoms with Crippen molar-refractivity contribution >= 4 is 17.4 Å². The van der Waals surface area contributed by atoms with Gasteiger partial charge in [0, 0.05) is 21.5 Å². The van der Waals surface area contributed by atoms with Gasteiger partial charge in [-0.15, -0.1) is 0 Å². The van der Waals surface area contributed by atoms with E-state index in [-0.39, 0.29) is 0 Å². The maximum atomic E-state index is 5.96. The van der Waals surface area contributed by atoms with Crippen molar-refractivity contribution < 1.29 is 4.74 Å². The van der Waals surface area contributed by atoms with Crippen molar-refractivity contribution in [3.05, 3.63) is 47.5 Å². The van der Waals surface area contributed by atoms with E-state index in [0.29, 0.717) is 0 Å². The molecule has 0 heterocycles. The van der Waals surface area contributed by atoms with Crippen molar-refractivity contribution in [2.24, 2.45) is 0 Å². The van der Waals surface area contributed by atoms with Crippen LogP contribution in [0.15, 0.2) is 46.2 Å². The molecule has 0 unspecified atom stereocenters. The Bertz CT molecular complexity index is 596. The van der Waals surface area contributed by atoms with Gasteiger partial charge in [-0.25, -0.2) is 0 Å². The first-order valence-electron chi connectivity index (χ1n) is 6.87. The molecular formula is C17H21NOS. The molecule has 0 aromatic heterocycles. The molecule has 0 radical (unpaired) electrons. The maximum absolute atomic E-state index is 5.96. The third kappa shape index (κ3) is 3.94. The summed E-state index contributed by atoms with van der Waals surface area (Å²) in [5.74, 6) is 0.847. The SMILES string of the molecule is CCCOc1cc(N)cc(Sc2cc(C)ccc2C)c1. The lowest BCUT2D eigenvalue weighted by atomic mass is 10.2. The van der Waals surface area contributed by atoms with E-state index in [9.17, 15) is 0 Å². The van der Waals surface area contributed by atoms with E-state index < -0.39 is 0 Å². The van der Waals surface area contributed by atoms with Gasteiger partial charge >= 0.3 is 0 Å². The van der Waals surface area contributed by atoms with Gasteiger partial charge in [0.05, 0.1) is 6.61 Å². The van der Waals surface area contributed by atoms with Crippen LogP contribution in [0.4, 0.5) is 5.69 Å². The van der Waals surface area contributed by atoms with E-state index >= 15 is 0 Å². The molecule has 0 aliphatic heterocycles. The number of hydrogen-bond donors (Lipinski definition) is 1. The Morgan fingerprint density at radius 3 is 2.65 bits per heavy atom. The highest BCUT2D eigenvalue weighted by Crippen LogP contribution is 2.34. The summed E-state index contributed by atoms with van der Waals surface area (Å²) in [6.07, 6.45) is 0.994. The number of aryl methyl sites for hydroxylation is 2. The molecule has 3 heteroatoms. The number of benzene rings is 2. The van der Waals surface area contributed by atoms with Crippen molar-refractivity contribution in [1.82, 2.24) is 0 Å². The zero-order chi connectivity index (χ0) is 14.5.